The minimum Gasteiger partial charge on any atom is -0.309 e. The molecule has 1 rings (SSSR count). The van der Waals surface area contributed by atoms with Crippen LogP contribution in [-0.4, -0.2) is 18.0 Å². The first-order valence-corrected chi connectivity index (χ1v) is 3.80. The van der Waals surface area contributed by atoms with Crippen molar-refractivity contribution >= 4 is 17.6 Å². The van der Waals surface area contributed by atoms with Crippen LogP contribution in [0.4, 0.5) is 0 Å². The molecule has 1 aliphatic heterocycles. The van der Waals surface area contributed by atoms with Gasteiger partial charge in [0.25, 0.3) is 0 Å². The molecule has 0 radical (unpaired) electrons. The molecule has 9 heavy (non-hydrogen) atoms. The van der Waals surface area contributed by atoms with Crippen molar-refractivity contribution in [2.45, 2.75) is 26.3 Å². The third-order valence-electron chi connectivity index (χ3n) is 1.78. The number of thiocarbonyl (C=S) groups is 1. The largest absolute Gasteiger partial charge is 0.309 e. The highest BCUT2D eigenvalue weighted by Crippen LogP contribution is 2.25. The van der Waals surface area contributed by atoms with E-state index in [2.05, 4.69) is 19.2 Å². The van der Waals surface area contributed by atoms with Crippen LogP contribution in [0.2, 0.25) is 0 Å². The maximum absolute atomic E-state index is 4.83. The summed E-state index contributed by atoms with van der Waals surface area (Å²) >= 11 is 4.83. The van der Waals surface area contributed by atoms with Gasteiger partial charge in [-0.3, -0.25) is 0 Å². The minimum atomic E-state index is 0.458. The van der Waals surface area contributed by atoms with Crippen molar-refractivity contribution in [3.63, 3.8) is 0 Å². The van der Waals surface area contributed by atoms with Crippen molar-refractivity contribution in [3.8, 4) is 0 Å². The Morgan fingerprint density at radius 2 is 2.33 bits per heavy atom. The van der Waals surface area contributed by atoms with Gasteiger partial charge in [-0.2, -0.15) is 0 Å². The molecule has 0 saturated carbocycles. The lowest BCUT2D eigenvalue weighted by Crippen LogP contribution is -2.21. The number of hydrogen-bond acceptors (Lipinski definition) is 2. The molecule has 1 saturated heterocycles. The molecule has 52 valence electrons. The Labute approximate surface area is 61.8 Å². The van der Waals surface area contributed by atoms with Gasteiger partial charge in [-0.1, -0.05) is 26.1 Å². The van der Waals surface area contributed by atoms with Gasteiger partial charge in [0.05, 0.1) is 0 Å². The second kappa shape index (κ2) is 2.35. The average molecular weight is 143 g/mol. The quantitative estimate of drug-likeness (QED) is 0.556. The van der Waals surface area contributed by atoms with E-state index in [-0.39, 0.29) is 0 Å². The SMILES string of the molecule is CC1(C)CNC(C=S)C1. The van der Waals surface area contributed by atoms with Crippen molar-refractivity contribution in [2.75, 3.05) is 6.54 Å². The Hall–Kier alpha value is 0.0500. The summed E-state index contributed by atoms with van der Waals surface area (Å²) in [5.41, 5.74) is 0.458. The van der Waals surface area contributed by atoms with E-state index < -0.39 is 0 Å². The zero-order chi connectivity index (χ0) is 6.91. The predicted octanol–water partition coefficient (Wildman–Crippen LogP) is 1.37. The Bertz CT molecular complexity index is 120. The summed E-state index contributed by atoms with van der Waals surface area (Å²) in [5.74, 6) is 0. The number of hydrogen-bond donors (Lipinski definition) is 1. The lowest BCUT2D eigenvalue weighted by atomic mass is 9.91. The van der Waals surface area contributed by atoms with Gasteiger partial charge in [0.1, 0.15) is 0 Å². The van der Waals surface area contributed by atoms with Gasteiger partial charge >= 0.3 is 0 Å². The van der Waals surface area contributed by atoms with Crippen LogP contribution in [0.25, 0.3) is 0 Å². The average Bonchev–Trinajstić information content (AvgIpc) is 2.10. The summed E-state index contributed by atoms with van der Waals surface area (Å²) in [6, 6.07) is 0.481. The van der Waals surface area contributed by atoms with Gasteiger partial charge in [0, 0.05) is 12.6 Å². The highest BCUT2D eigenvalue weighted by Gasteiger charge is 2.28. The molecule has 0 aromatic heterocycles. The molecule has 0 spiro atoms. The fourth-order valence-corrected chi connectivity index (χ4v) is 1.44. The molecule has 1 fully saturated rings. The van der Waals surface area contributed by atoms with Crippen LogP contribution >= 0.6 is 12.2 Å². The molecule has 0 aromatic rings. The predicted molar refractivity (Wildman–Crippen MR) is 43.8 cm³/mol. The molecule has 1 heterocycles. The van der Waals surface area contributed by atoms with E-state index in [0.29, 0.717) is 11.5 Å². The van der Waals surface area contributed by atoms with Gasteiger partial charge in [-0.25, -0.2) is 0 Å². The fourth-order valence-electron chi connectivity index (χ4n) is 1.24. The second-order valence-electron chi connectivity index (χ2n) is 3.49. The van der Waals surface area contributed by atoms with Crippen LogP contribution < -0.4 is 5.32 Å². The molecule has 1 nitrogen and oxygen atoms in total. The van der Waals surface area contributed by atoms with Crippen molar-refractivity contribution in [1.82, 2.24) is 5.32 Å². The molecular formula is C7H13NS. The van der Waals surface area contributed by atoms with Crippen molar-refractivity contribution in [1.29, 1.82) is 0 Å². The Kier molecular flexibility index (Phi) is 1.87. The zero-order valence-electron chi connectivity index (χ0n) is 5.98. The Morgan fingerprint density at radius 1 is 1.67 bits per heavy atom. The Balaban J connectivity index is 2.47. The molecule has 1 unspecified atom stereocenters. The van der Waals surface area contributed by atoms with Crippen LogP contribution in [-0.2, 0) is 0 Å². The van der Waals surface area contributed by atoms with E-state index in [0.717, 1.165) is 6.54 Å². The summed E-state index contributed by atoms with van der Waals surface area (Å²) in [6.07, 6.45) is 1.19. The molecular weight excluding hydrogens is 130 g/mol. The maximum Gasteiger partial charge on any atom is 0.0359 e. The zero-order valence-corrected chi connectivity index (χ0v) is 6.79. The molecule has 0 amide bonds. The number of nitrogens with one attached hydrogen (secondary N) is 1. The topological polar surface area (TPSA) is 12.0 Å². The molecule has 1 aliphatic rings. The van der Waals surface area contributed by atoms with Crippen LogP contribution in [0.1, 0.15) is 20.3 Å². The van der Waals surface area contributed by atoms with Gasteiger partial charge in [-0.15, -0.1) is 0 Å². The first-order valence-electron chi connectivity index (χ1n) is 3.33. The summed E-state index contributed by atoms with van der Waals surface area (Å²) in [6.45, 7) is 5.63. The summed E-state index contributed by atoms with van der Waals surface area (Å²) in [4.78, 5) is 0. The van der Waals surface area contributed by atoms with E-state index in [1.165, 1.54) is 6.42 Å². The second-order valence-corrected chi connectivity index (χ2v) is 3.76. The maximum atomic E-state index is 4.83. The van der Waals surface area contributed by atoms with Crippen molar-refractivity contribution in [2.24, 2.45) is 5.41 Å². The first kappa shape index (κ1) is 7.16. The minimum absolute atomic E-state index is 0.458. The lowest BCUT2D eigenvalue weighted by molar-refractivity contribution is 0.410. The van der Waals surface area contributed by atoms with Crippen LogP contribution in [0.15, 0.2) is 0 Å². The third kappa shape index (κ3) is 1.73. The molecule has 0 aromatic carbocycles. The molecule has 1 atom stereocenters. The summed E-state index contributed by atoms with van der Waals surface area (Å²) in [7, 11) is 0. The molecule has 0 aliphatic carbocycles. The molecule has 2 heteroatoms. The van der Waals surface area contributed by atoms with Gasteiger partial charge < -0.3 is 5.32 Å². The lowest BCUT2D eigenvalue weighted by Gasteiger charge is -2.13. The third-order valence-corrected chi connectivity index (χ3v) is 2.11. The summed E-state index contributed by atoms with van der Waals surface area (Å²) in [5, 5.41) is 5.16. The van der Waals surface area contributed by atoms with E-state index in [1.807, 2.05) is 5.37 Å². The molecule has 1 N–H and O–H groups in total. The highest BCUT2D eigenvalue weighted by molar-refractivity contribution is 7.79. The van der Waals surface area contributed by atoms with E-state index in [4.69, 9.17) is 12.2 Å². The van der Waals surface area contributed by atoms with Gasteiger partial charge in [0.2, 0.25) is 0 Å². The monoisotopic (exact) mass is 143 g/mol. The van der Waals surface area contributed by atoms with Crippen LogP contribution in [0.5, 0.6) is 0 Å². The van der Waals surface area contributed by atoms with E-state index in [1.54, 1.807) is 0 Å². The van der Waals surface area contributed by atoms with Gasteiger partial charge in [-0.05, 0) is 17.2 Å². The van der Waals surface area contributed by atoms with Gasteiger partial charge in [0.15, 0.2) is 0 Å². The number of rotatable bonds is 1. The van der Waals surface area contributed by atoms with Crippen molar-refractivity contribution in [3.05, 3.63) is 0 Å². The van der Waals surface area contributed by atoms with Crippen LogP contribution in [0.3, 0.4) is 0 Å². The van der Waals surface area contributed by atoms with Crippen molar-refractivity contribution < 1.29 is 0 Å². The standard InChI is InChI=1S/C7H13NS/c1-7(2)3-6(4-9)8-5-7/h4,6,8H,3,5H2,1-2H3. The van der Waals surface area contributed by atoms with E-state index >= 15 is 0 Å². The fraction of sp³-hybridized carbons (Fsp3) is 0.857. The smallest absolute Gasteiger partial charge is 0.0359 e. The normalized spacial score (nSPS) is 32.4. The van der Waals surface area contributed by atoms with Crippen LogP contribution in [0, 0.1) is 5.41 Å². The highest BCUT2D eigenvalue weighted by atomic mass is 32.1. The summed E-state index contributed by atoms with van der Waals surface area (Å²) < 4.78 is 0. The first-order chi connectivity index (χ1) is 4.14. The molecule has 0 bridgehead atoms. The van der Waals surface area contributed by atoms with E-state index in [9.17, 15) is 0 Å². The Morgan fingerprint density at radius 3 is 2.56 bits per heavy atom.